The van der Waals surface area contributed by atoms with Crippen molar-refractivity contribution in [2.75, 3.05) is 25.5 Å². The summed E-state index contributed by atoms with van der Waals surface area (Å²) in [6, 6.07) is 7.84. The number of carbonyl (C=O) groups excluding carboxylic acids is 1. The minimum absolute atomic E-state index is 0.211. The Morgan fingerprint density at radius 3 is 2.96 bits per heavy atom. The Morgan fingerprint density at radius 1 is 1.42 bits per heavy atom. The largest absolute Gasteiger partial charge is 0.338 e. The van der Waals surface area contributed by atoms with E-state index in [0.29, 0.717) is 17.0 Å². The number of benzene rings is 1. The quantitative estimate of drug-likeness (QED) is 0.511. The Balaban J connectivity index is 1.43. The van der Waals surface area contributed by atoms with E-state index < -0.39 is 0 Å². The van der Waals surface area contributed by atoms with Crippen molar-refractivity contribution >= 4 is 23.9 Å². The average molecular weight is 376 g/mol. The Hall–Kier alpha value is -2.26. The molecule has 0 saturated heterocycles. The summed E-state index contributed by atoms with van der Waals surface area (Å²) in [5, 5.41) is 15.8. The molecule has 3 N–H and O–H groups in total. The third kappa shape index (κ3) is 4.89. The zero-order valence-corrected chi connectivity index (χ0v) is 15.8. The van der Waals surface area contributed by atoms with Crippen molar-refractivity contribution in [3.05, 3.63) is 29.0 Å². The molecule has 1 heterocycles. The molecule has 0 unspecified atom stereocenters. The summed E-state index contributed by atoms with van der Waals surface area (Å²) in [5.41, 5.74) is 1.44. The summed E-state index contributed by atoms with van der Waals surface area (Å²) in [6.07, 6.45) is 6.23. The molecule has 0 atom stereocenters. The lowest BCUT2D eigenvalue weighted by Gasteiger charge is -2.23. The molecule has 26 heavy (non-hydrogen) atoms. The Labute approximate surface area is 157 Å². The number of amides is 2. The molecule has 1 aliphatic carbocycles. The molecule has 140 valence electrons. The fourth-order valence-corrected chi connectivity index (χ4v) is 3.51. The molecule has 0 bridgehead atoms. The van der Waals surface area contributed by atoms with Gasteiger partial charge in [0.1, 0.15) is 0 Å². The van der Waals surface area contributed by atoms with Crippen molar-refractivity contribution in [2.45, 2.75) is 38.1 Å². The normalized spacial score (nSPS) is 14.7. The monoisotopic (exact) mass is 375 g/mol. The van der Waals surface area contributed by atoms with Crippen molar-refractivity contribution in [2.24, 2.45) is 0 Å². The first-order chi connectivity index (χ1) is 12.6. The van der Waals surface area contributed by atoms with Gasteiger partial charge in [-0.3, -0.25) is 0 Å². The number of tetrazole rings is 1. The lowest BCUT2D eigenvalue weighted by Crippen LogP contribution is -2.34. The van der Waals surface area contributed by atoms with Gasteiger partial charge in [-0.05, 0) is 63.3 Å². The zero-order chi connectivity index (χ0) is 18.4. The van der Waals surface area contributed by atoms with Crippen LogP contribution in [0.15, 0.2) is 24.3 Å². The number of aromatic nitrogens is 4. The van der Waals surface area contributed by atoms with E-state index in [-0.39, 0.29) is 6.03 Å². The molecule has 8 nitrogen and oxygen atoms in total. The minimum Gasteiger partial charge on any atom is -0.338 e. The molecule has 1 aliphatic rings. The van der Waals surface area contributed by atoms with Crippen molar-refractivity contribution in [1.82, 2.24) is 30.4 Å². The fourth-order valence-electron chi connectivity index (χ4n) is 3.32. The van der Waals surface area contributed by atoms with Crippen LogP contribution in [-0.2, 0) is 0 Å². The number of carbonyl (C=O) groups is 1. The first kappa shape index (κ1) is 18.5. The van der Waals surface area contributed by atoms with Gasteiger partial charge in [0.15, 0.2) is 0 Å². The van der Waals surface area contributed by atoms with Crippen molar-refractivity contribution in [1.29, 1.82) is 0 Å². The minimum atomic E-state index is -0.211. The summed E-state index contributed by atoms with van der Waals surface area (Å²) in [6.45, 7) is 1.66. The number of rotatable bonds is 7. The standard InChI is InChI=1S/C17H25N7OS/c1-23(14-7-2-3-8-14)11-5-10-18-16(25)19-13-6-4-9-15(12-13)24-17(26)20-21-22-24/h4,6,9,12,14H,2-3,5,7-8,10-11H2,1H3,(H2,18,19,25)(H,20,22,26). The summed E-state index contributed by atoms with van der Waals surface area (Å²) < 4.78 is 1.90. The van der Waals surface area contributed by atoms with Crippen LogP contribution in [0.2, 0.25) is 0 Å². The van der Waals surface area contributed by atoms with Crippen molar-refractivity contribution in [3.8, 4) is 5.69 Å². The second kappa shape index (κ2) is 8.91. The molecular formula is C17H25N7OS. The van der Waals surface area contributed by atoms with Gasteiger partial charge in [0.25, 0.3) is 0 Å². The molecule has 3 rings (SSSR count). The molecule has 9 heteroatoms. The maximum Gasteiger partial charge on any atom is 0.319 e. The average Bonchev–Trinajstić information content (AvgIpc) is 3.30. The summed E-state index contributed by atoms with van der Waals surface area (Å²) in [5.74, 6) is 0. The van der Waals surface area contributed by atoms with E-state index >= 15 is 0 Å². The number of hydrogen-bond donors (Lipinski definition) is 3. The van der Waals surface area contributed by atoms with E-state index in [1.165, 1.54) is 25.7 Å². The summed E-state index contributed by atoms with van der Waals surface area (Å²) in [4.78, 5) is 14.5. The highest BCUT2D eigenvalue weighted by atomic mass is 32.1. The van der Waals surface area contributed by atoms with Crippen molar-refractivity contribution in [3.63, 3.8) is 0 Å². The Kier molecular flexibility index (Phi) is 6.35. The van der Waals surface area contributed by atoms with Gasteiger partial charge in [-0.2, -0.15) is 5.21 Å². The molecule has 1 aromatic carbocycles. The maximum absolute atomic E-state index is 12.1. The van der Waals surface area contributed by atoms with Gasteiger partial charge in [-0.25, -0.2) is 9.48 Å². The second-order valence-electron chi connectivity index (χ2n) is 6.62. The molecule has 2 amide bonds. The van der Waals surface area contributed by atoms with Gasteiger partial charge in [-0.15, -0.1) is 0 Å². The lowest BCUT2D eigenvalue weighted by molar-refractivity contribution is 0.237. The first-order valence-corrected chi connectivity index (χ1v) is 9.40. The Morgan fingerprint density at radius 2 is 2.23 bits per heavy atom. The van der Waals surface area contributed by atoms with Crippen LogP contribution in [0.1, 0.15) is 32.1 Å². The van der Waals surface area contributed by atoms with E-state index in [0.717, 1.165) is 24.7 Å². The molecule has 0 aliphatic heterocycles. The number of nitrogens with one attached hydrogen (secondary N) is 3. The maximum atomic E-state index is 12.1. The van der Waals surface area contributed by atoms with Crippen LogP contribution >= 0.6 is 12.2 Å². The van der Waals surface area contributed by atoms with Crippen LogP contribution < -0.4 is 10.6 Å². The van der Waals surface area contributed by atoms with Crippen LogP contribution in [-0.4, -0.2) is 57.3 Å². The highest BCUT2D eigenvalue weighted by Crippen LogP contribution is 2.22. The molecule has 1 aromatic heterocycles. The van der Waals surface area contributed by atoms with Crippen LogP contribution in [0.4, 0.5) is 10.5 Å². The van der Waals surface area contributed by atoms with Crippen LogP contribution in [0, 0.1) is 4.77 Å². The predicted octanol–water partition coefficient (Wildman–Crippen LogP) is 2.71. The van der Waals surface area contributed by atoms with E-state index in [2.05, 4.69) is 38.1 Å². The zero-order valence-electron chi connectivity index (χ0n) is 14.9. The lowest BCUT2D eigenvalue weighted by atomic mass is 10.2. The highest BCUT2D eigenvalue weighted by molar-refractivity contribution is 7.71. The molecule has 0 spiro atoms. The number of nitrogens with zero attached hydrogens (tertiary/aromatic N) is 4. The Bertz CT molecular complexity index is 781. The number of hydrogen-bond acceptors (Lipinski definition) is 5. The molecule has 1 saturated carbocycles. The third-order valence-electron chi connectivity index (χ3n) is 4.75. The topological polar surface area (TPSA) is 90.9 Å². The molecule has 1 fully saturated rings. The van der Waals surface area contributed by atoms with E-state index in [1.54, 1.807) is 4.68 Å². The van der Waals surface area contributed by atoms with E-state index in [4.69, 9.17) is 12.2 Å². The first-order valence-electron chi connectivity index (χ1n) is 8.99. The van der Waals surface area contributed by atoms with Crippen LogP contribution in [0.25, 0.3) is 5.69 Å². The molecule has 0 radical (unpaired) electrons. The fraction of sp³-hybridized carbons (Fsp3) is 0.529. The van der Waals surface area contributed by atoms with Crippen molar-refractivity contribution < 1.29 is 4.79 Å². The predicted molar refractivity (Wildman–Crippen MR) is 103 cm³/mol. The van der Waals surface area contributed by atoms with Gasteiger partial charge in [-0.1, -0.05) is 29.2 Å². The van der Waals surface area contributed by atoms with E-state index in [1.807, 2.05) is 24.3 Å². The molecule has 2 aromatic rings. The van der Waals surface area contributed by atoms with Gasteiger partial charge < -0.3 is 15.5 Å². The number of urea groups is 1. The number of anilines is 1. The summed E-state index contributed by atoms with van der Waals surface area (Å²) >= 11 is 5.08. The highest BCUT2D eigenvalue weighted by Gasteiger charge is 2.18. The van der Waals surface area contributed by atoms with Gasteiger partial charge in [0.05, 0.1) is 5.69 Å². The van der Waals surface area contributed by atoms with Gasteiger partial charge in [0.2, 0.25) is 4.77 Å². The SMILES string of the molecule is CN(CCCNC(=O)Nc1cccc(-n2[nH]nnc2=S)c1)C1CCCC1. The summed E-state index contributed by atoms with van der Waals surface area (Å²) in [7, 11) is 2.18. The van der Waals surface area contributed by atoms with Crippen LogP contribution in [0.3, 0.4) is 0 Å². The van der Waals surface area contributed by atoms with Gasteiger partial charge in [0, 0.05) is 18.3 Å². The second-order valence-corrected chi connectivity index (χ2v) is 6.99. The number of aromatic amines is 1. The number of H-pyrrole nitrogens is 1. The van der Waals surface area contributed by atoms with E-state index in [9.17, 15) is 4.79 Å². The third-order valence-corrected chi connectivity index (χ3v) is 5.02. The molecular weight excluding hydrogens is 350 g/mol. The van der Waals surface area contributed by atoms with Gasteiger partial charge >= 0.3 is 6.03 Å². The van der Waals surface area contributed by atoms with Crippen LogP contribution in [0.5, 0.6) is 0 Å². The smallest absolute Gasteiger partial charge is 0.319 e.